The fourth-order valence-electron chi connectivity index (χ4n) is 1.76. The molecule has 0 amide bonds. The van der Waals surface area contributed by atoms with Crippen molar-refractivity contribution >= 4 is 11.8 Å². The second kappa shape index (κ2) is 5.24. The molecule has 0 bridgehead atoms. The largest absolute Gasteiger partial charge is 0.495 e. The molecule has 1 unspecified atom stereocenters. The first-order valence-electron chi connectivity index (χ1n) is 5.28. The van der Waals surface area contributed by atoms with Gasteiger partial charge in [-0.15, -0.1) is 11.8 Å². The van der Waals surface area contributed by atoms with E-state index in [9.17, 15) is 0 Å². The maximum absolute atomic E-state index is 9.02. The zero-order chi connectivity index (χ0) is 11.4. The molecule has 1 fully saturated rings. The fraction of sp³-hybridized carbons (Fsp3) is 0.417. The summed E-state index contributed by atoms with van der Waals surface area (Å²) in [6.45, 7) is 1.05. The van der Waals surface area contributed by atoms with Crippen LogP contribution >= 0.6 is 11.8 Å². The van der Waals surface area contributed by atoms with E-state index < -0.39 is 0 Å². The van der Waals surface area contributed by atoms with Gasteiger partial charge in [-0.05, 0) is 36.4 Å². The van der Waals surface area contributed by atoms with Crippen molar-refractivity contribution in [3.63, 3.8) is 0 Å². The smallest absolute Gasteiger partial charge is 0.136 e. The van der Waals surface area contributed by atoms with E-state index in [4.69, 9.17) is 10.00 Å². The first-order chi connectivity index (χ1) is 7.85. The highest BCUT2D eigenvalue weighted by Crippen LogP contribution is 2.31. The zero-order valence-electron chi connectivity index (χ0n) is 9.19. The highest BCUT2D eigenvalue weighted by Gasteiger charge is 2.16. The molecule has 1 heterocycles. The quantitative estimate of drug-likeness (QED) is 0.852. The van der Waals surface area contributed by atoms with Gasteiger partial charge in [0.25, 0.3) is 0 Å². The predicted octanol–water partition coefficient (Wildman–Crippen LogP) is 2.29. The molecule has 3 nitrogen and oxygen atoms in total. The monoisotopic (exact) mass is 234 g/mol. The van der Waals surface area contributed by atoms with Crippen molar-refractivity contribution in [3.8, 4) is 11.8 Å². The van der Waals surface area contributed by atoms with Gasteiger partial charge in [0.05, 0.1) is 18.0 Å². The van der Waals surface area contributed by atoms with Crippen LogP contribution in [0.4, 0.5) is 0 Å². The van der Waals surface area contributed by atoms with Gasteiger partial charge < -0.3 is 10.1 Å². The van der Waals surface area contributed by atoms with E-state index in [-0.39, 0.29) is 0 Å². The summed E-state index contributed by atoms with van der Waals surface area (Å²) in [5, 5.41) is 12.8. The lowest BCUT2D eigenvalue weighted by atomic mass is 10.1. The van der Waals surface area contributed by atoms with E-state index in [2.05, 4.69) is 11.4 Å². The summed E-state index contributed by atoms with van der Waals surface area (Å²) in [7, 11) is 1.59. The molecule has 84 valence electrons. The van der Waals surface area contributed by atoms with E-state index >= 15 is 0 Å². The standard InChI is InChI=1S/C12H14N2OS/c1-15-11-4-3-9(7-10(11)8-13)12-14-5-2-6-16-12/h3-4,7,12,14H,2,5-6H2,1H3. The maximum atomic E-state index is 9.02. The van der Waals surface area contributed by atoms with E-state index in [0.29, 0.717) is 16.7 Å². The molecule has 0 saturated carbocycles. The maximum Gasteiger partial charge on any atom is 0.136 e. The van der Waals surface area contributed by atoms with Crippen molar-refractivity contribution in [1.82, 2.24) is 5.32 Å². The van der Waals surface area contributed by atoms with Gasteiger partial charge in [-0.25, -0.2) is 0 Å². The van der Waals surface area contributed by atoms with Crippen molar-refractivity contribution in [2.45, 2.75) is 11.8 Å². The van der Waals surface area contributed by atoms with Gasteiger partial charge in [0, 0.05) is 0 Å². The molecule has 0 aromatic heterocycles. The van der Waals surface area contributed by atoms with Crippen LogP contribution in [-0.4, -0.2) is 19.4 Å². The number of rotatable bonds is 2. The average molecular weight is 234 g/mol. The summed E-state index contributed by atoms with van der Waals surface area (Å²) in [5.41, 5.74) is 1.76. The minimum atomic E-state index is 0.312. The Morgan fingerprint density at radius 2 is 2.44 bits per heavy atom. The van der Waals surface area contributed by atoms with Gasteiger partial charge in [0.1, 0.15) is 11.8 Å². The molecular formula is C12H14N2OS. The molecule has 0 aliphatic carbocycles. The number of hydrogen-bond acceptors (Lipinski definition) is 4. The summed E-state index contributed by atoms with van der Waals surface area (Å²) >= 11 is 1.89. The third-order valence-corrected chi connectivity index (χ3v) is 3.88. The van der Waals surface area contributed by atoms with E-state index in [1.54, 1.807) is 7.11 Å². The Bertz CT molecular complexity index is 408. The number of methoxy groups -OCH3 is 1. The van der Waals surface area contributed by atoms with Crippen molar-refractivity contribution in [3.05, 3.63) is 29.3 Å². The molecule has 2 rings (SSSR count). The number of hydrogen-bond donors (Lipinski definition) is 1. The Morgan fingerprint density at radius 1 is 1.56 bits per heavy atom. The lowest BCUT2D eigenvalue weighted by Gasteiger charge is -2.23. The van der Waals surface area contributed by atoms with Crippen LogP contribution in [0, 0.1) is 11.3 Å². The molecule has 0 radical (unpaired) electrons. The van der Waals surface area contributed by atoms with Gasteiger partial charge in [-0.2, -0.15) is 5.26 Å². The fourth-order valence-corrected chi connectivity index (χ4v) is 2.88. The van der Waals surface area contributed by atoms with Crippen molar-refractivity contribution in [2.75, 3.05) is 19.4 Å². The Labute approximate surface area is 99.8 Å². The van der Waals surface area contributed by atoms with Gasteiger partial charge in [-0.1, -0.05) is 6.07 Å². The lowest BCUT2D eigenvalue weighted by Crippen LogP contribution is -2.25. The summed E-state index contributed by atoms with van der Waals surface area (Å²) in [6.07, 6.45) is 1.21. The third kappa shape index (κ3) is 2.31. The van der Waals surface area contributed by atoms with Crippen molar-refractivity contribution in [1.29, 1.82) is 5.26 Å². The highest BCUT2D eigenvalue weighted by molar-refractivity contribution is 7.99. The minimum Gasteiger partial charge on any atom is -0.495 e. The first kappa shape index (κ1) is 11.3. The zero-order valence-corrected chi connectivity index (χ0v) is 10.0. The number of ether oxygens (including phenoxy) is 1. The molecule has 1 aliphatic rings. The molecule has 1 saturated heterocycles. The van der Waals surface area contributed by atoms with Crippen LogP contribution in [0.2, 0.25) is 0 Å². The van der Waals surface area contributed by atoms with Crippen LogP contribution in [-0.2, 0) is 0 Å². The van der Waals surface area contributed by atoms with Gasteiger partial charge in [0.15, 0.2) is 0 Å². The number of thioether (sulfide) groups is 1. The topological polar surface area (TPSA) is 45.0 Å². The number of benzene rings is 1. The van der Waals surface area contributed by atoms with Crippen molar-refractivity contribution in [2.24, 2.45) is 0 Å². The average Bonchev–Trinajstić information content (AvgIpc) is 2.39. The molecule has 0 spiro atoms. The Hall–Kier alpha value is -1.18. The Kier molecular flexibility index (Phi) is 3.70. The number of nitrogens with one attached hydrogen (secondary N) is 1. The number of nitrogens with zero attached hydrogens (tertiary/aromatic N) is 1. The van der Waals surface area contributed by atoms with Crippen LogP contribution < -0.4 is 10.1 Å². The molecule has 16 heavy (non-hydrogen) atoms. The van der Waals surface area contributed by atoms with Crippen LogP contribution in [0.25, 0.3) is 0 Å². The first-order valence-corrected chi connectivity index (χ1v) is 6.33. The van der Waals surface area contributed by atoms with E-state index in [1.807, 2.05) is 30.0 Å². The van der Waals surface area contributed by atoms with Gasteiger partial charge >= 0.3 is 0 Å². The Morgan fingerprint density at radius 3 is 3.06 bits per heavy atom. The van der Waals surface area contributed by atoms with E-state index in [0.717, 1.165) is 12.1 Å². The normalized spacial score (nSPS) is 20.1. The second-order valence-corrected chi connectivity index (χ2v) is 4.84. The van der Waals surface area contributed by atoms with Gasteiger partial charge in [-0.3, -0.25) is 0 Å². The molecule has 1 atom stereocenters. The molecule has 1 aromatic carbocycles. The third-order valence-electron chi connectivity index (χ3n) is 2.58. The lowest BCUT2D eigenvalue weighted by molar-refractivity contribution is 0.413. The van der Waals surface area contributed by atoms with E-state index in [1.165, 1.54) is 12.2 Å². The second-order valence-electron chi connectivity index (χ2n) is 3.63. The molecule has 1 N–H and O–H groups in total. The van der Waals surface area contributed by atoms with Gasteiger partial charge in [0.2, 0.25) is 0 Å². The molecule has 4 heteroatoms. The molecule has 1 aliphatic heterocycles. The van der Waals surface area contributed by atoms with Crippen LogP contribution in [0.1, 0.15) is 22.9 Å². The van der Waals surface area contributed by atoms with Crippen LogP contribution in [0.5, 0.6) is 5.75 Å². The summed E-state index contributed by atoms with van der Waals surface area (Å²) in [4.78, 5) is 0. The molecule has 1 aromatic rings. The summed E-state index contributed by atoms with van der Waals surface area (Å²) in [5.74, 6) is 1.82. The summed E-state index contributed by atoms with van der Waals surface area (Å²) in [6, 6.07) is 7.96. The Balaban J connectivity index is 2.25. The van der Waals surface area contributed by atoms with Crippen LogP contribution in [0.3, 0.4) is 0 Å². The van der Waals surface area contributed by atoms with Crippen molar-refractivity contribution < 1.29 is 4.74 Å². The highest BCUT2D eigenvalue weighted by atomic mass is 32.2. The number of nitriles is 1. The predicted molar refractivity (Wildman–Crippen MR) is 65.5 cm³/mol. The minimum absolute atomic E-state index is 0.312. The summed E-state index contributed by atoms with van der Waals surface area (Å²) < 4.78 is 5.13. The molecular weight excluding hydrogens is 220 g/mol. The SMILES string of the molecule is COc1ccc(C2NCCCS2)cc1C#N. The van der Waals surface area contributed by atoms with Crippen LogP contribution in [0.15, 0.2) is 18.2 Å².